The van der Waals surface area contributed by atoms with Gasteiger partial charge in [-0.3, -0.25) is 4.84 Å². The lowest BCUT2D eigenvalue weighted by Gasteiger charge is -2.19. The summed E-state index contributed by atoms with van der Waals surface area (Å²) in [5.41, 5.74) is 1.29. The van der Waals surface area contributed by atoms with Crippen molar-refractivity contribution >= 4 is 25.0 Å². The topological polar surface area (TPSA) is 142 Å². The highest BCUT2D eigenvalue weighted by Crippen LogP contribution is 2.32. The maximum Gasteiger partial charge on any atom is 0.677 e. The second-order valence-electron chi connectivity index (χ2n) is 5.35. The first-order valence-corrected chi connectivity index (χ1v) is 8.70. The van der Waals surface area contributed by atoms with Gasteiger partial charge in [-0.05, 0) is 22.2 Å². The number of halogens is 6. The van der Waals surface area contributed by atoms with E-state index in [1.807, 2.05) is 49.8 Å². The molecule has 1 N–H and O–H groups in total. The van der Waals surface area contributed by atoms with E-state index in [1.54, 1.807) is 6.20 Å². The number of hydrogen-bond donors (Lipinski definition) is 1. The molecule has 0 bridgehead atoms. The minimum absolute atomic E-state index is 0.591. The summed E-state index contributed by atoms with van der Waals surface area (Å²) >= 11 is 0. The van der Waals surface area contributed by atoms with Gasteiger partial charge in [0, 0.05) is 6.20 Å². The highest BCUT2D eigenvalue weighted by Gasteiger charge is 2.65. The van der Waals surface area contributed by atoms with Crippen LogP contribution in [0.5, 0.6) is 0 Å². The van der Waals surface area contributed by atoms with Gasteiger partial charge in [0.15, 0.2) is 0 Å². The molecule has 0 saturated heterocycles. The molecule has 30 heavy (non-hydrogen) atoms. The molecule has 0 aliphatic heterocycles. The van der Waals surface area contributed by atoms with Crippen molar-refractivity contribution in [3.63, 3.8) is 0 Å². The van der Waals surface area contributed by atoms with Gasteiger partial charge in [-0.2, -0.15) is 0 Å². The predicted molar refractivity (Wildman–Crippen MR) is 82.2 cm³/mol. The molecule has 2 aromatic rings. The van der Waals surface area contributed by atoms with Crippen molar-refractivity contribution in [2.45, 2.75) is 6.30 Å². The summed E-state index contributed by atoms with van der Waals surface area (Å²) in [7, 11) is 2.42. The number of aromatic nitrogens is 4. The number of rotatable bonds is 1. The molecule has 0 aromatic carbocycles. The Balaban J connectivity index is 0.000000540. The number of fused-ring (bicyclic) bond motifs is 1. The van der Waals surface area contributed by atoms with Crippen molar-refractivity contribution in [2.24, 2.45) is 0 Å². The Kier molecular flexibility index (Phi) is 9.60. The zero-order valence-corrected chi connectivity index (χ0v) is 16.6. The Hall–Kier alpha value is -2.53. The lowest BCUT2D eigenvalue weighted by molar-refractivity contribution is -1.33. The first-order valence-electron chi connectivity index (χ1n) is 7.20. The number of phosphoric acid groups is 1. The molecule has 19 heteroatoms. The standard InChI is InChI=1S/C10H15N6O.CF6N.H3O4P/c1-14(2)10(15(3)4)17-16-9-8(12-13-16)6-5-7-11-9;2-1(3,4)8(5,6)7;1-5(2,3)4/h5-7H,1-4H3;;(H3,1,2,3,4)/q2*+1;/p-2. The molecular formula is C11H16F6N7O5P. The third-order valence-corrected chi connectivity index (χ3v) is 2.40. The van der Waals surface area contributed by atoms with Gasteiger partial charge in [0.05, 0.1) is 49.5 Å². The van der Waals surface area contributed by atoms with Crippen LogP contribution in [0.3, 0.4) is 0 Å². The summed E-state index contributed by atoms with van der Waals surface area (Å²) in [6.45, 7) is 0. The monoisotopic (exact) mass is 471 g/mol. The minimum atomic E-state index is -6.12. The SMILES string of the molecule is CN(C)C(On1nnc2cccnc21)=[N+](C)C.FC(F)(F)[N+](F)(F)F.O=P([O-])([O-])O. The Bertz CT molecular complexity index is 870. The first kappa shape index (κ1) is 27.5. The molecule has 0 atom stereocenters. The van der Waals surface area contributed by atoms with E-state index in [2.05, 4.69) is 15.3 Å². The van der Waals surface area contributed by atoms with Crippen LogP contribution in [0.4, 0.5) is 26.6 Å². The molecule has 172 valence electrons. The number of pyridine rings is 1. The largest absolute Gasteiger partial charge is 0.790 e. The summed E-state index contributed by atoms with van der Waals surface area (Å²) < 4.78 is 72.9. The van der Waals surface area contributed by atoms with Gasteiger partial charge in [0.25, 0.3) is 0 Å². The molecule has 12 nitrogen and oxygen atoms in total. The fourth-order valence-electron chi connectivity index (χ4n) is 1.45. The van der Waals surface area contributed by atoms with Crippen molar-refractivity contribution in [2.75, 3.05) is 28.2 Å². The van der Waals surface area contributed by atoms with Gasteiger partial charge < -0.3 is 19.2 Å². The van der Waals surface area contributed by atoms with Gasteiger partial charge in [0.1, 0.15) is 5.52 Å². The summed E-state index contributed by atoms with van der Waals surface area (Å²) in [5.74, 6) is 0. The predicted octanol–water partition coefficient (Wildman–Crippen LogP) is -0.772. The molecule has 0 saturated carbocycles. The molecular weight excluding hydrogens is 455 g/mol. The average Bonchev–Trinajstić information content (AvgIpc) is 2.92. The lowest BCUT2D eigenvalue weighted by Crippen LogP contribution is -2.39. The molecule has 0 unspecified atom stereocenters. The molecule has 0 aliphatic carbocycles. The van der Waals surface area contributed by atoms with Crippen molar-refractivity contribution in [3.05, 3.63) is 18.3 Å². The molecule has 0 amide bonds. The van der Waals surface area contributed by atoms with Gasteiger partial charge in [0.2, 0.25) is 5.65 Å². The number of hydrogen-bond acceptors (Lipinski definition) is 7. The lowest BCUT2D eigenvalue weighted by atomic mass is 10.4. The normalized spacial score (nSPS) is 11.6. The molecule has 0 spiro atoms. The summed E-state index contributed by atoms with van der Waals surface area (Å²) in [6.07, 6.45) is -4.45. The summed E-state index contributed by atoms with van der Waals surface area (Å²) in [6, 6.07) is 4.28. The van der Waals surface area contributed by atoms with Crippen LogP contribution >= 0.6 is 7.82 Å². The van der Waals surface area contributed by atoms with Crippen LogP contribution in [-0.2, 0) is 4.57 Å². The van der Waals surface area contributed by atoms with Crippen LogP contribution in [0.1, 0.15) is 0 Å². The Labute approximate surface area is 164 Å². The first-order chi connectivity index (χ1) is 13.3. The molecule has 0 fully saturated rings. The molecule has 2 rings (SSSR count). The molecule has 0 aliphatic rings. The number of alkyl halides is 3. The number of amidine groups is 1. The van der Waals surface area contributed by atoms with Gasteiger partial charge in [-0.25, -0.2) is 14.5 Å². The van der Waals surface area contributed by atoms with Crippen LogP contribution < -0.4 is 14.6 Å². The summed E-state index contributed by atoms with van der Waals surface area (Å²) in [5, 5.41) is 2.39. The maximum atomic E-state index is 10.4. The van der Waals surface area contributed by atoms with E-state index in [-0.39, 0.29) is 0 Å². The van der Waals surface area contributed by atoms with Crippen LogP contribution in [-0.4, -0.2) is 80.2 Å². The quantitative estimate of drug-likeness (QED) is 0.108. The third-order valence-electron chi connectivity index (χ3n) is 2.40. The average molecular weight is 471 g/mol. The smallest absolute Gasteiger partial charge is 0.677 e. The number of nitrogens with zero attached hydrogens (tertiary/aromatic N) is 7. The van der Waals surface area contributed by atoms with Crippen molar-refractivity contribution in [1.82, 2.24) is 25.0 Å². The zero-order chi connectivity index (χ0) is 23.9. The van der Waals surface area contributed by atoms with E-state index in [9.17, 15) is 26.6 Å². The van der Waals surface area contributed by atoms with E-state index < -0.39 is 19.3 Å². The molecule has 0 radical (unpaired) electrons. The van der Waals surface area contributed by atoms with E-state index in [0.717, 1.165) is 0 Å². The van der Waals surface area contributed by atoms with Crippen molar-refractivity contribution in [1.29, 1.82) is 0 Å². The number of quaternary nitrogens is 1. The highest BCUT2D eigenvalue weighted by atomic mass is 31.2. The maximum absolute atomic E-state index is 10.4. The fourth-order valence-corrected chi connectivity index (χ4v) is 1.45. The molecule has 2 heterocycles. The van der Waals surface area contributed by atoms with E-state index in [1.165, 1.54) is 4.85 Å². The molecule has 2 aromatic heterocycles. The van der Waals surface area contributed by atoms with Crippen LogP contribution in [0, 0.1) is 0 Å². The Morgan fingerprint density at radius 2 is 1.77 bits per heavy atom. The minimum Gasteiger partial charge on any atom is -0.790 e. The van der Waals surface area contributed by atoms with Gasteiger partial charge >= 0.3 is 17.5 Å². The van der Waals surface area contributed by atoms with Crippen LogP contribution in [0.15, 0.2) is 18.3 Å². The van der Waals surface area contributed by atoms with E-state index in [4.69, 9.17) is 24.1 Å². The zero-order valence-electron chi connectivity index (χ0n) is 15.7. The Morgan fingerprint density at radius 1 is 1.30 bits per heavy atom. The van der Waals surface area contributed by atoms with Gasteiger partial charge in [-0.15, -0.1) is 18.3 Å². The second-order valence-corrected chi connectivity index (χ2v) is 6.29. The Morgan fingerprint density at radius 3 is 2.13 bits per heavy atom. The van der Waals surface area contributed by atoms with Crippen molar-refractivity contribution < 1.29 is 60.4 Å². The van der Waals surface area contributed by atoms with Gasteiger partial charge in [-0.1, -0.05) is 0 Å². The summed E-state index contributed by atoms with van der Waals surface area (Å²) in [4.78, 5) is 37.3. The second kappa shape index (κ2) is 10.5. The highest BCUT2D eigenvalue weighted by molar-refractivity contribution is 7.42. The van der Waals surface area contributed by atoms with E-state index >= 15 is 0 Å². The van der Waals surface area contributed by atoms with Crippen LogP contribution in [0.2, 0.25) is 0 Å². The fraction of sp³-hybridized carbons (Fsp3) is 0.455. The van der Waals surface area contributed by atoms with Crippen LogP contribution in [0.25, 0.3) is 11.2 Å². The van der Waals surface area contributed by atoms with E-state index in [0.29, 0.717) is 17.2 Å². The van der Waals surface area contributed by atoms with Crippen molar-refractivity contribution in [3.8, 4) is 0 Å². The third kappa shape index (κ3) is 10.3.